The Morgan fingerprint density at radius 3 is 2.94 bits per heavy atom. The number of pyridine rings is 1. The number of Topliss-reactive ketones (excluding diaryl/α,β-unsaturated/α-hetero) is 1. The van der Waals surface area contributed by atoms with Crippen molar-refractivity contribution in [3.8, 4) is 0 Å². The number of ketones is 1. The summed E-state index contributed by atoms with van der Waals surface area (Å²) < 4.78 is 0. The van der Waals surface area contributed by atoms with Crippen LogP contribution < -0.4 is 5.32 Å². The van der Waals surface area contributed by atoms with Crippen LogP contribution in [0.5, 0.6) is 0 Å². The second-order valence-corrected chi connectivity index (χ2v) is 3.89. The maximum Gasteiger partial charge on any atom is 0.151 e. The van der Waals surface area contributed by atoms with Crippen LogP contribution in [0.2, 0.25) is 0 Å². The summed E-state index contributed by atoms with van der Waals surface area (Å²) in [4.78, 5) is 15.4. The smallest absolute Gasteiger partial charge is 0.151 e. The second-order valence-electron chi connectivity index (χ2n) is 3.89. The molecule has 0 saturated carbocycles. The van der Waals surface area contributed by atoms with Gasteiger partial charge in [-0.15, -0.1) is 0 Å². The molecule has 0 fully saturated rings. The lowest BCUT2D eigenvalue weighted by Gasteiger charge is -2.12. The first-order chi connectivity index (χ1) is 7.66. The minimum atomic E-state index is -0.158. The molecule has 1 aromatic carbocycles. The average Bonchev–Trinajstić information content (AvgIpc) is 2.28. The Kier molecular flexibility index (Phi) is 2.86. The van der Waals surface area contributed by atoms with Gasteiger partial charge in [0.15, 0.2) is 5.78 Å². The van der Waals surface area contributed by atoms with Gasteiger partial charge >= 0.3 is 0 Å². The van der Waals surface area contributed by atoms with E-state index in [4.69, 9.17) is 0 Å². The molecule has 1 aromatic heterocycles. The number of aromatic nitrogens is 1. The summed E-state index contributed by atoms with van der Waals surface area (Å²) in [6.45, 7) is 3.44. The van der Waals surface area contributed by atoms with Crippen LogP contribution in [0.25, 0.3) is 10.9 Å². The summed E-state index contributed by atoms with van der Waals surface area (Å²) in [6.07, 6.45) is 1.77. The maximum atomic E-state index is 11.1. The van der Waals surface area contributed by atoms with Crippen molar-refractivity contribution in [2.45, 2.75) is 19.9 Å². The fraction of sp³-hybridized carbons (Fsp3) is 0.231. The predicted octanol–water partition coefficient (Wildman–Crippen LogP) is 2.62. The first-order valence-electron chi connectivity index (χ1n) is 5.28. The summed E-state index contributed by atoms with van der Waals surface area (Å²) in [6, 6.07) is 9.64. The van der Waals surface area contributed by atoms with Gasteiger partial charge in [0.25, 0.3) is 0 Å². The van der Waals surface area contributed by atoms with E-state index in [1.54, 1.807) is 13.1 Å². The van der Waals surface area contributed by atoms with Crippen LogP contribution in [-0.4, -0.2) is 16.8 Å². The van der Waals surface area contributed by atoms with E-state index in [2.05, 4.69) is 10.3 Å². The van der Waals surface area contributed by atoms with Gasteiger partial charge < -0.3 is 5.32 Å². The molecule has 16 heavy (non-hydrogen) atoms. The molecule has 0 spiro atoms. The molecule has 0 bridgehead atoms. The molecule has 0 aliphatic rings. The van der Waals surface area contributed by atoms with Gasteiger partial charge in [-0.25, -0.2) is 0 Å². The molecule has 0 amide bonds. The average molecular weight is 214 g/mol. The fourth-order valence-electron chi connectivity index (χ4n) is 1.52. The van der Waals surface area contributed by atoms with Crippen LogP contribution in [0.3, 0.4) is 0 Å². The zero-order valence-electron chi connectivity index (χ0n) is 9.40. The van der Waals surface area contributed by atoms with Crippen LogP contribution in [0.15, 0.2) is 36.5 Å². The van der Waals surface area contributed by atoms with E-state index >= 15 is 0 Å². The first-order valence-corrected chi connectivity index (χ1v) is 5.28. The lowest BCUT2D eigenvalue weighted by molar-refractivity contribution is -0.117. The van der Waals surface area contributed by atoms with Crippen LogP contribution in [0.4, 0.5) is 5.69 Å². The van der Waals surface area contributed by atoms with Crippen LogP contribution in [0.1, 0.15) is 13.8 Å². The van der Waals surface area contributed by atoms with Gasteiger partial charge in [0.1, 0.15) is 0 Å². The Morgan fingerprint density at radius 2 is 2.19 bits per heavy atom. The van der Waals surface area contributed by atoms with Crippen LogP contribution in [-0.2, 0) is 4.79 Å². The van der Waals surface area contributed by atoms with Crippen molar-refractivity contribution < 1.29 is 4.79 Å². The molecule has 0 saturated heterocycles. The van der Waals surface area contributed by atoms with Crippen molar-refractivity contribution >= 4 is 22.4 Å². The molecule has 0 radical (unpaired) electrons. The maximum absolute atomic E-state index is 11.1. The number of nitrogens with zero attached hydrogens (tertiary/aromatic N) is 1. The molecule has 0 unspecified atom stereocenters. The van der Waals surface area contributed by atoms with E-state index < -0.39 is 0 Å². The quantitative estimate of drug-likeness (QED) is 0.854. The van der Waals surface area contributed by atoms with E-state index in [1.807, 2.05) is 37.3 Å². The topological polar surface area (TPSA) is 42.0 Å². The van der Waals surface area contributed by atoms with Gasteiger partial charge in [-0.05, 0) is 38.1 Å². The lowest BCUT2D eigenvalue weighted by Crippen LogP contribution is -2.23. The zero-order chi connectivity index (χ0) is 11.5. The molecule has 0 aliphatic carbocycles. The van der Waals surface area contributed by atoms with Gasteiger partial charge in [-0.1, -0.05) is 6.07 Å². The van der Waals surface area contributed by atoms with E-state index in [1.165, 1.54) is 0 Å². The standard InChI is InChI=1S/C13H14N2O/c1-9(10(2)16)15-12-5-6-13-11(8-12)4-3-7-14-13/h3-9,15H,1-2H3/t9-/m1/s1. The number of carbonyl (C=O) groups is 1. The minimum Gasteiger partial charge on any atom is -0.376 e. The number of anilines is 1. The molecule has 3 heteroatoms. The number of nitrogens with one attached hydrogen (secondary N) is 1. The van der Waals surface area contributed by atoms with Gasteiger partial charge in [0.2, 0.25) is 0 Å². The van der Waals surface area contributed by atoms with Gasteiger partial charge in [-0.2, -0.15) is 0 Å². The Bertz CT molecular complexity index is 522. The molecule has 82 valence electrons. The highest BCUT2D eigenvalue weighted by Crippen LogP contribution is 2.17. The third kappa shape index (κ3) is 2.19. The normalized spacial score (nSPS) is 12.4. The summed E-state index contributed by atoms with van der Waals surface area (Å²) in [5.74, 6) is 0.131. The first kappa shape index (κ1) is 10.6. The summed E-state index contributed by atoms with van der Waals surface area (Å²) >= 11 is 0. The third-order valence-corrected chi connectivity index (χ3v) is 2.60. The molecule has 3 nitrogen and oxygen atoms in total. The number of benzene rings is 1. The van der Waals surface area contributed by atoms with E-state index in [-0.39, 0.29) is 11.8 Å². The van der Waals surface area contributed by atoms with E-state index in [0.29, 0.717) is 0 Å². The molecule has 1 atom stereocenters. The molecule has 1 heterocycles. The molecule has 2 aromatic rings. The lowest BCUT2D eigenvalue weighted by atomic mass is 10.1. The van der Waals surface area contributed by atoms with Crippen molar-refractivity contribution in [2.75, 3.05) is 5.32 Å². The summed E-state index contributed by atoms with van der Waals surface area (Å²) in [5, 5.41) is 4.23. The van der Waals surface area contributed by atoms with Crippen LogP contribution in [0, 0.1) is 0 Å². The van der Waals surface area contributed by atoms with Crippen LogP contribution >= 0.6 is 0 Å². The zero-order valence-corrected chi connectivity index (χ0v) is 9.40. The summed E-state index contributed by atoms with van der Waals surface area (Å²) in [5.41, 5.74) is 1.91. The Labute approximate surface area is 94.5 Å². The monoisotopic (exact) mass is 214 g/mol. The molecular formula is C13H14N2O. The number of fused-ring (bicyclic) bond motifs is 1. The summed E-state index contributed by atoms with van der Waals surface area (Å²) in [7, 11) is 0. The predicted molar refractivity (Wildman–Crippen MR) is 65.5 cm³/mol. The Balaban J connectivity index is 2.29. The highest BCUT2D eigenvalue weighted by Gasteiger charge is 2.06. The highest BCUT2D eigenvalue weighted by molar-refractivity contribution is 5.86. The second kappa shape index (κ2) is 4.31. The minimum absolute atomic E-state index is 0.131. The van der Waals surface area contributed by atoms with Crippen molar-refractivity contribution in [1.29, 1.82) is 0 Å². The number of hydrogen-bond donors (Lipinski definition) is 1. The fourth-order valence-corrected chi connectivity index (χ4v) is 1.52. The van der Waals surface area contributed by atoms with E-state index in [9.17, 15) is 4.79 Å². The SMILES string of the molecule is CC(=O)[C@@H](C)Nc1ccc2ncccc2c1. The molecular weight excluding hydrogens is 200 g/mol. The van der Waals surface area contributed by atoms with Crippen molar-refractivity contribution in [3.63, 3.8) is 0 Å². The molecule has 0 aliphatic heterocycles. The number of hydrogen-bond acceptors (Lipinski definition) is 3. The largest absolute Gasteiger partial charge is 0.376 e. The van der Waals surface area contributed by atoms with Crippen molar-refractivity contribution in [3.05, 3.63) is 36.5 Å². The third-order valence-electron chi connectivity index (χ3n) is 2.60. The van der Waals surface area contributed by atoms with Gasteiger partial charge in [-0.3, -0.25) is 9.78 Å². The number of carbonyl (C=O) groups excluding carboxylic acids is 1. The molecule has 2 rings (SSSR count). The van der Waals surface area contributed by atoms with Gasteiger partial charge in [0.05, 0.1) is 11.6 Å². The Morgan fingerprint density at radius 1 is 1.38 bits per heavy atom. The Hall–Kier alpha value is -1.90. The van der Waals surface area contributed by atoms with Crippen molar-refractivity contribution in [2.24, 2.45) is 0 Å². The van der Waals surface area contributed by atoms with E-state index in [0.717, 1.165) is 16.6 Å². The molecule has 1 N–H and O–H groups in total. The highest BCUT2D eigenvalue weighted by atomic mass is 16.1. The van der Waals surface area contributed by atoms with Gasteiger partial charge in [0, 0.05) is 17.3 Å². The number of rotatable bonds is 3. The van der Waals surface area contributed by atoms with Crippen molar-refractivity contribution in [1.82, 2.24) is 4.98 Å².